The summed E-state index contributed by atoms with van der Waals surface area (Å²) in [6, 6.07) is 19.8. The first-order chi connectivity index (χ1) is 19.3. The Hall–Kier alpha value is -4.47. The molecule has 0 radical (unpaired) electrons. The summed E-state index contributed by atoms with van der Waals surface area (Å²) in [4.78, 5) is 45.9. The van der Waals surface area contributed by atoms with Crippen molar-refractivity contribution in [2.24, 2.45) is 0 Å². The van der Waals surface area contributed by atoms with Gasteiger partial charge in [-0.25, -0.2) is 9.86 Å². The van der Waals surface area contributed by atoms with Gasteiger partial charge < -0.3 is 20.6 Å². The number of hydrogen-bond donors (Lipinski definition) is 3. The van der Waals surface area contributed by atoms with E-state index in [1.807, 2.05) is 30.3 Å². The second kappa shape index (κ2) is 11.3. The van der Waals surface area contributed by atoms with Crippen molar-refractivity contribution >= 4 is 40.4 Å². The molecule has 0 aromatic heterocycles. The van der Waals surface area contributed by atoms with Gasteiger partial charge in [0.05, 0.1) is 35.7 Å². The molecule has 0 aliphatic carbocycles. The summed E-state index contributed by atoms with van der Waals surface area (Å²) in [5.41, 5.74) is 4.73. The number of hydroxylamine groups is 2. The molecule has 2 heterocycles. The second-order valence-corrected chi connectivity index (χ2v) is 10.1. The highest BCUT2D eigenvalue weighted by Crippen LogP contribution is 2.39. The summed E-state index contributed by atoms with van der Waals surface area (Å²) in [6.45, 7) is 3.53. The first-order valence-electron chi connectivity index (χ1n) is 13.2. The summed E-state index contributed by atoms with van der Waals surface area (Å²) in [6.07, 6.45) is 1.70. The van der Waals surface area contributed by atoms with Crippen LogP contribution in [-0.2, 0) is 9.63 Å². The summed E-state index contributed by atoms with van der Waals surface area (Å²) in [5.74, 6) is -1.58. The van der Waals surface area contributed by atoms with E-state index < -0.39 is 5.97 Å². The third-order valence-electron chi connectivity index (χ3n) is 7.47. The maximum atomic E-state index is 13.3. The Balaban J connectivity index is 1.47. The fourth-order valence-electron chi connectivity index (χ4n) is 5.28. The number of anilines is 2. The predicted molar refractivity (Wildman–Crippen MR) is 154 cm³/mol. The molecule has 206 valence electrons. The summed E-state index contributed by atoms with van der Waals surface area (Å²) in [5, 5.41) is 17.2. The van der Waals surface area contributed by atoms with Gasteiger partial charge in [0.15, 0.2) is 0 Å². The lowest BCUT2D eigenvalue weighted by Crippen LogP contribution is -2.46. The van der Waals surface area contributed by atoms with Gasteiger partial charge in [-0.15, -0.1) is 0 Å². The number of carbonyl (C=O) groups is 3. The molecule has 40 heavy (non-hydrogen) atoms. The Labute approximate surface area is 233 Å². The number of piperidine rings is 1. The van der Waals surface area contributed by atoms with Crippen LogP contribution in [0.25, 0.3) is 11.3 Å². The summed E-state index contributed by atoms with van der Waals surface area (Å²) < 4.78 is 0. The number of aromatic carboxylic acids is 1. The van der Waals surface area contributed by atoms with Gasteiger partial charge in [-0.2, -0.15) is 0 Å². The average molecular weight is 541 g/mol. The number of rotatable bonds is 7. The van der Waals surface area contributed by atoms with Crippen molar-refractivity contribution in [3.05, 3.63) is 94.5 Å². The standard InChI is InChI=1S/C31H32N4O5/c1-19-17-25-26(18-24(19)31(38)39)33-29(36)27(25)28(20-7-5-4-6-8-20)32-22-11-9-21(10-12-22)30(37)35(40-3)23-13-15-34(2)16-14-23/h4-12,17-18,23,32H,13-16H2,1-3H3,(H,33,36)(H,38,39). The number of amides is 2. The molecule has 0 atom stereocenters. The molecule has 2 amide bonds. The largest absolute Gasteiger partial charge is 0.478 e. The summed E-state index contributed by atoms with van der Waals surface area (Å²) >= 11 is 0. The molecule has 0 bridgehead atoms. The molecule has 3 aromatic carbocycles. The first kappa shape index (κ1) is 27.1. The van der Waals surface area contributed by atoms with Gasteiger partial charge in [-0.05, 0) is 87.4 Å². The molecular weight excluding hydrogens is 508 g/mol. The molecule has 0 spiro atoms. The number of carboxylic acids is 1. The molecule has 5 rings (SSSR count). The lowest BCUT2D eigenvalue weighted by molar-refractivity contribution is -0.132. The quantitative estimate of drug-likeness (QED) is 0.294. The van der Waals surface area contributed by atoms with Crippen LogP contribution in [0, 0.1) is 6.92 Å². The van der Waals surface area contributed by atoms with Crippen molar-refractivity contribution in [3.63, 3.8) is 0 Å². The minimum Gasteiger partial charge on any atom is -0.478 e. The monoisotopic (exact) mass is 540 g/mol. The van der Waals surface area contributed by atoms with E-state index in [1.165, 1.54) is 18.2 Å². The van der Waals surface area contributed by atoms with Gasteiger partial charge in [0.1, 0.15) is 0 Å². The molecular formula is C31H32N4O5. The molecule has 9 nitrogen and oxygen atoms in total. The third-order valence-corrected chi connectivity index (χ3v) is 7.47. The Kier molecular flexibility index (Phi) is 7.68. The molecule has 3 aromatic rings. The normalized spacial score (nSPS) is 16.7. The second-order valence-electron chi connectivity index (χ2n) is 10.1. The van der Waals surface area contributed by atoms with Gasteiger partial charge in [-0.1, -0.05) is 30.3 Å². The minimum atomic E-state index is -1.05. The molecule has 9 heteroatoms. The highest BCUT2D eigenvalue weighted by molar-refractivity contribution is 6.37. The summed E-state index contributed by atoms with van der Waals surface area (Å²) in [7, 11) is 3.60. The van der Waals surface area contributed by atoms with E-state index in [1.54, 1.807) is 37.3 Å². The third kappa shape index (κ3) is 5.34. The number of likely N-dealkylation sites (tertiary alicyclic amines) is 1. The van der Waals surface area contributed by atoms with Crippen LogP contribution in [0.2, 0.25) is 0 Å². The smallest absolute Gasteiger partial charge is 0.336 e. The number of hydrogen-bond acceptors (Lipinski definition) is 6. The fourth-order valence-corrected chi connectivity index (χ4v) is 5.28. The van der Waals surface area contributed by atoms with Crippen LogP contribution < -0.4 is 10.6 Å². The number of carbonyl (C=O) groups excluding carboxylic acids is 2. The van der Waals surface area contributed by atoms with E-state index in [0.29, 0.717) is 39.3 Å². The van der Waals surface area contributed by atoms with E-state index in [0.717, 1.165) is 31.5 Å². The van der Waals surface area contributed by atoms with Crippen LogP contribution in [0.15, 0.2) is 66.7 Å². The maximum absolute atomic E-state index is 13.3. The van der Waals surface area contributed by atoms with Crippen molar-refractivity contribution in [2.75, 3.05) is 37.9 Å². The highest BCUT2D eigenvalue weighted by Gasteiger charge is 2.31. The number of carboxylic acid groups (broad SMARTS) is 1. The van der Waals surface area contributed by atoms with Crippen LogP contribution in [0.1, 0.15) is 50.2 Å². The Morgan fingerprint density at radius 2 is 1.70 bits per heavy atom. The van der Waals surface area contributed by atoms with E-state index in [9.17, 15) is 19.5 Å². The zero-order valence-electron chi connectivity index (χ0n) is 22.7. The molecule has 0 saturated carbocycles. The number of benzene rings is 3. The number of nitrogens with one attached hydrogen (secondary N) is 2. The van der Waals surface area contributed by atoms with Crippen LogP contribution in [0.5, 0.6) is 0 Å². The zero-order chi connectivity index (χ0) is 28.4. The molecule has 1 saturated heterocycles. The minimum absolute atomic E-state index is 0.0203. The van der Waals surface area contributed by atoms with Gasteiger partial charge in [0, 0.05) is 16.8 Å². The van der Waals surface area contributed by atoms with Gasteiger partial charge in [-0.3, -0.25) is 14.4 Å². The highest BCUT2D eigenvalue weighted by atomic mass is 16.7. The number of nitrogens with zero attached hydrogens (tertiary/aromatic N) is 2. The van der Waals surface area contributed by atoms with Gasteiger partial charge >= 0.3 is 5.97 Å². The van der Waals surface area contributed by atoms with Crippen molar-refractivity contribution < 1.29 is 24.3 Å². The van der Waals surface area contributed by atoms with Crippen molar-refractivity contribution in [3.8, 4) is 0 Å². The van der Waals surface area contributed by atoms with Gasteiger partial charge in [0.2, 0.25) is 0 Å². The van der Waals surface area contributed by atoms with Crippen LogP contribution in [0.4, 0.5) is 11.4 Å². The van der Waals surface area contributed by atoms with E-state index in [4.69, 9.17) is 4.84 Å². The molecule has 2 aliphatic heterocycles. The van der Waals surface area contributed by atoms with Crippen LogP contribution in [0.3, 0.4) is 0 Å². The number of fused-ring (bicyclic) bond motifs is 1. The van der Waals surface area contributed by atoms with Crippen molar-refractivity contribution in [1.29, 1.82) is 0 Å². The van der Waals surface area contributed by atoms with E-state index in [-0.39, 0.29) is 23.4 Å². The Morgan fingerprint density at radius 1 is 1.02 bits per heavy atom. The fraction of sp³-hybridized carbons (Fsp3) is 0.258. The Morgan fingerprint density at radius 3 is 2.33 bits per heavy atom. The van der Waals surface area contributed by atoms with Crippen molar-refractivity contribution in [2.45, 2.75) is 25.8 Å². The molecule has 3 N–H and O–H groups in total. The molecule has 2 aliphatic rings. The van der Waals surface area contributed by atoms with E-state index >= 15 is 0 Å². The SMILES string of the molecule is CON(C(=O)c1ccc(NC(=C2C(=O)Nc3cc(C(=O)O)c(C)cc32)c2ccccc2)cc1)C1CCN(C)CC1. The maximum Gasteiger partial charge on any atom is 0.336 e. The average Bonchev–Trinajstić information content (AvgIpc) is 3.27. The van der Waals surface area contributed by atoms with Crippen molar-refractivity contribution in [1.82, 2.24) is 9.96 Å². The van der Waals surface area contributed by atoms with Gasteiger partial charge in [0.25, 0.3) is 11.8 Å². The first-order valence-corrected chi connectivity index (χ1v) is 13.2. The lowest BCUT2D eigenvalue weighted by Gasteiger charge is -2.35. The zero-order valence-corrected chi connectivity index (χ0v) is 22.7. The molecule has 0 unspecified atom stereocenters. The van der Waals surface area contributed by atoms with Crippen LogP contribution in [-0.4, -0.2) is 66.1 Å². The lowest BCUT2D eigenvalue weighted by atomic mass is 9.96. The number of aryl methyl sites for hydroxylation is 1. The molecule has 1 fully saturated rings. The van der Waals surface area contributed by atoms with Crippen LogP contribution >= 0.6 is 0 Å². The van der Waals surface area contributed by atoms with E-state index in [2.05, 4.69) is 22.6 Å². The topological polar surface area (TPSA) is 111 Å². The Bertz CT molecular complexity index is 1480. The predicted octanol–water partition coefficient (Wildman–Crippen LogP) is 4.72.